The zero-order valence-corrected chi connectivity index (χ0v) is 12.8. The summed E-state index contributed by atoms with van der Waals surface area (Å²) in [4.78, 5) is 14.7. The summed E-state index contributed by atoms with van der Waals surface area (Å²) in [7, 11) is 1.58. The Kier molecular flexibility index (Phi) is 3.81. The second-order valence-electron chi connectivity index (χ2n) is 4.94. The van der Waals surface area contributed by atoms with Gasteiger partial charge in [-0.15, -0.1) is 11.3 Å². The molecule has 0 saturated heterocycles. The minimum Gasteiger partial charge on any atom is -0.497 e. The Morgan fingerprint density at radius 1 is 1.25 bits per heavy atom. The molecule has 1 aromatic heterocycles. The van der Waals surface area contributed by atoms with Crippen LogP contribution in [0.5, 0.6) is 5.75 Å². The summed E-state index contributed by atoms with van der Waals surface area (Å²) in [5, 5.41) is 0.445. The number of halogens is 1. The third-order valence-electron chi connectivity index (χ3n) is 3.64. The van der Waals surface area contributed by atoms with E-state index in [0.29, 0.717) is 16.3 Å². The number of ether oxygens (including phenoxy) is 1. The summed E-state index contributed by atoms with van der Waals surface area (Å²) in [6.45, 7) is 0. The molecule has 0 atom stereocenters. The Morgan fingerprint density at radius 3 is 2.75 bits per heavy atom. The molecule has 2 aromatic rings. The van der Waals surface area contributed by atoms with E-state index < -0.39 is 0 Å². The van der Waals surface area contributed by atoms with Gasteiger partial charge in [-0.25, -0.2) is 0 Å². The molecule has 0 amide bonds. The number of aryl methyl sites for hydroxylation is 2. The van der Waals surface area contributed by atoms with Gasteiger partial charge in [0.25, 0.3) is 0 Å². The number of hydrogen-bond acceptors (Lipinski definition) is 3. The van der Waals surface area contributed by atoms with Crippen molar-refractivity contribution < 1.29 is 9.53 Å². The summed E-state index contributed by atoms with van der Waals surface area (Å²) in [5.41, 5.74) is 1.89. The van der Waals surface area contributed by atoms with Crippen molar-refractivity contribution in [3.8, 4) is 5.75 Å². The van der Waals surface area contributed by atoms with Crippen molar-refractivity contribution in [1.29, 1.82) is 0 Å². The molecular weight excluding hydrogens is 292 g/mol. The van der Waals surface area contributed by atoms with E-state index in [-0.39, 0.29) is 5.78 Å². The summed E-state index contributed by atoms with van der Waals surface area (Å²) in [6.07, 6.45) is 4.64. The van der Waals surface area contributed by atoms with Crippen LogP contribution in [-0.4, -0.2) is 12.9 Å². The molecule has 0 fully saturated rings. The number of thiophene rings is 1. The molecule has 1 aliphatic carbocycles. The first-order chi connectivity index (χ1) is 9.69. The number of benzene rings is 1. The van der Waals surface area contributed by atoms with Crippen LogP contribution in [0, 0.1) is 0 Å². The minimum atomic E-state index is 0.0112. The first-order valence-corrected chi connectivity index (χ1v) is 7.88. The molecule has 1 heterocycles. The van der Waals surface area contributed by atoms with Gasteiger partial charge >= 0.3 is 0 Å². The smallest absolute Gasteiger partial charge is 0.204 e. The molecule has 0 bridgehead atoms. The van der Waals surface area contributed by atoms with Crippen LogP contribution >= 0.6 is 22.9 Å². The number of fused-ring (bicyclic) bond motifs is 1. The first-order valence-electron chi connectivity index (χ1n) is 6.69. The Bertz CT molecular complexity index is 637. The van der Waals surface area contributed by atoms with Crippen molar-refractivity contribution in [2.45, 2.75) is 25.7 Å². The van der Waals surface area contributed by atoms with Crippen LogP contribution in [0.1, 0.15) is 38.5 Å². The highest BCUT2D eigenvalue weighted by Gasteiger charge is 2.20. The monoisotopic (exact) mass is 306 g/mol. The number of ketones is 1. The van der Waals surface area contributed by atoms with Crippen molar-refractivity contribution in [2.24, 2.45) is 0 Å². The van der Waals surface area contributed by atoms with Gasteiger partial charge in [0.1, 0.15) is 5.75 Å². The molecule has 0 radical (unpaired) electrons. The number of methoxy groups -OCH3 is 1. The van der Waals surface area contributed by atoms with E-state index in [1.165, 1.54) is 23.3 Å². The molecule has 0 aliphatic heterocycles. The number of hydrogen-bond donors (Lipinski definition) is 0. The molecule has 20 heavy (non-hydrogen) atoms. The molecule has 1 aromatic carbocycles. The number of carbonyl (C=O) groups excluding carboxylic acids is 1. The van der Waals surface area contributed by atoms with Crippen LogP contribution in [-0.2, 0) is 12.8 Å². The highest BCUT2D eigenvalue weighted by atomic mass is 35.5. The average Bonchev–Trinajstić information content (AvgIpc) is 2.90. The largest absolute Gasteiger partial charge is 0.497 e. The highest BCUT2D eigenvalue weighted by molar-refractivity contribution is 7.14. The van der Waals surface area contributed by atoms with Crippen LogP contribution < -0.4 is 4.74 Å². The SMILES string of the molecule is COc1ccc(C(=O)c2cc3c(s2)CCCC3)c(Cl)c1. The second-order valence-corrected chi connectivity index (χ2v) is 6.49. The zero-order valence-electron chi connectivity index (χ0n) is 11.2. The standard InChI is InChI=1S/C16H15ClO2S/c1-19-11-6-7-12(13(17)9-11)16(18)15-8-10-4-2-3-5-14(10)20-15/h6-9H,2-5H2,1H3. The van der Waals surface area contributed by atoms with Gasteiger partial charge in [0, 0.05) is 10.4 Å². The predicted octanol–water partition coefficient (Wildman–Crippen LogP) is 4.52. The lowest BCUT2D eigenvalue weighted by Crippen LogP contribution is -2.00. The Labute approximate surface area is 127 Å². The molecule has 0 N–H and O–H groups in total. The third kappa shape index (κ3) is 2.48. The Morgan fingerprint density at radius 2 is 2.05 bits per heavy atom. The summed E-state index contributed by atoms with van der Waals surface area (Å²) in [5.74, 6) is 0.675. The predicted molar refractivity (Wildman–Crippen MR) is 82.4 cm³/mol. The van der Waals surface area contributed by atoms with E-state index in [0.717, 1.165) is 17.7 Å². The van der Waals surface area contributed by atoms with Crippen LogP contribution in [0.3, 0.4) is 0 Å². The fraction of sp³-hybridized carbons (Fsp3) is 0.312. The quantitative estimate of drug-likeness (QED) is 0.779. The lowest BCUT2D eigenvalue weighted by molar-refractivity contribution is 0.104. The molecule has 0 saturated carbocycles. The van der Waals surface area contributed by atoms with E-state index in [4.69, 9.17) is 16.3 Å². The van der Waals surface area contributed by atoms with Gasteiger partial charge in [0.2, 0.25) is 5.78 Å². The van der Waals surface area contributed by atoms with Crippen molar-refractivity contribution in [3.63, 3.8) is 0 Å². The third-order valence-corrected chi connectivity index (χ3v) is 5.19. The number of rotatable bonds is 3. The molecular formula is C16H15ClO2S. The maximum Gasteiger partial charge on any atom is 0.204 e. The fourth-order valence-electron chi connectivity index (χ4n) is 2.54. The van der Waals surface area contributed by atoms with Crippen molar-refractivity contribution >= 4 is 28.7 Å². The summed E-state index contributed by atoms with van der Waals surface area (Å²) in [6, 6.07) is 7.24. The lowest BCUT2D eigenvalue weighted by Gasteiger charge is -2.08. The van der Waals surface area contributed by atoms with Gasteiger partial charge < -0.3 is 4.74 Å². The second kappa shape index (κ2) is 5.58. The van der Waals surface area contributed by atoms with Crippen LogP contribution in [0.25, 0.3) is 0 Å². The molecule has 1 aliphatic rings. The van der Waals surface area contributed by atoms with E-state index in [1.54, 1.807) is 36.6 Å². The highest BCUT2D eigenvalue weighted by Crippen LogP contribution is 2.32. The minimum absolute atomic E-state index is 0.0112. The topological polar surface area (TPSA) is 26.3 Å². The van der Waals surface area contributed by atoms with Crippen LogP contribution in [0.4, 0.5) is 0 Å². The fourth-order valence-corrected chi connectivity index (χ4v) is 4.01. The van der Waals surface area contributed by atoms with Crippen molar-refractivity contribution in [1.82, 2.24) is 0 Å². The van der Waals surface area contributed by atoms with Gasteiger partial charge in [-0.05, 0) is 55.5 Å². The summed E-state index contributed by atoms with van der Waals surface area (Å²) >= 11 is 7.80. The van der Waals surface area contributed by atoms with E-state index >= 15 is 0 Å². The molecule has 2 nitrogen and oxygen atoms in total. The van der Waals surface area contributed by atoms with Gasteiger partial charge in [-0.1, -0.05) is 11.6 Å². The first kappa shape index (κ1) is 13.7. The van der Waals surface area contributed by atoms with E-state index in [9.17, 15) is 4.79 Å². The Balaban J connectivity index is 1.94. The van der Waals surface area contributed by atoms with E-state index in [2.05, 4.69) is 0 Å². The van der Waals surface area contributed by atoms with Gasteiger partial charge in [-0.3, -0.25) is 4.79 Å². The molecule has 0 unspecified atom stereocenters. The van der Waals surface area contributed by atoms with Gasteiger partial charge in [0.05, 0.1) is 17.0 Å². The lowest BCUT2D eigenvalue weighted by atomic mass is 9.98. The Hall–Kier alpha value is -1.32. The molecule has 3 rings (SSSR count). The van der Waals surface area contributed by atoms with Gasteiger partial charge in [-0.2, -0.15) is 0 Å². The van der Waals surface area contributed by atoms with Crippen LogP contribution in [0.15, 0.2) is 24.3 Å². The summed E-state index contributed by atoms with van der Waals surface area (Å²) < 4.78 is 5.11. The van der Waals surface area contributed by atoms with Crippen molar-refractivity contribution in [3.05, 3.63) is 50.2 Å². The maximum atomic E-state index is 12.6. The maximum absolute atomic E-state index is 12.6. The molecule has 4 heteroatoms. The average molecular weight is 307 g/mol. The van der Waals surface area contributed by atoms with E-state index in [1.807, 2.05) is 6.07 Å². The normalized spacial score (nSPS) is 13.9. The zero-order chi connectivity index (χ0) is 14.1. The van der Waals surface area contributed by atoms with Crippen molar-refractivity contribution in [2.75, 3.05) is 7.11 Å². The molecule has 0 spiro atoms. The number of carbonyl (C=O) groups is 1. The van der Waals surface area contributed by atoms with Crippen LogP contribution in [0.2, 0.25) is 5.02 Å². The molecule has 104 valence electrons. The van der Waals surface area contributed by atoms with Gasteiger partial charge in [0.15, 0.2) is 0 Å².